The molecule has 0 aliphatic rings. The number of hydrogen-bond acceptors (Lipinski definition) is 4. The van der Waals surface area contributed by atoms with E-state index in [-0.39, 0.29) is 23.9 Å². The first kappa shape index (κ1) is 20.9. The minimum Gasteiger partial charge on any atom is -0.492 e. The lowest BCUT2D eigenvalue weighted by atomic mass is 10.2. The number of rotatable bonds is 8. The average Bonchev–Trinajstić information content (AvgIpc) is 2.59. The van der Waals surface area contributed by atoms with Gasteiger partial charge in [0.05, 0.1) is 17.2 Å². The molecule has 7 heteroatoms. The van der Waals surface area contributed by atoms with Crippen molar-refractivity contribution in [3.05, 3.63) is 53.6 Å². The summed E-state index contributed by atoms with van der Waals surface area (Å²) in [4.78, 5) is 13.9. The monoisotopic (exact) mass is 390 g/mol. The average molecular weight is 391 g/mol. The maximum absolute atomic E-state index is 12.6. The maximum atomic E-state index is 12.6. The van der Waals surface area contributed by atoms with Gasteiger partial charge in [0.2, 0.25) is 15.9 Å². The fraction of sp³-hybridized carbons (Fsp3) is 0.350. The topological polar surface area (TPSA) is 75.7 Å². The Hall–Kier alpha value is -2.38. The fourth-order valence-electron chi connectivity index (χ4n) is 2.88. The molecule has 0 radical (unpaired) electrons. The SMILES string of the molecule is CCOc1ccccc1N(CCNS(=O)(=O)c1ccc(C)cc1C)C(C)=O. The lowest BCUT2D eigenvalue weighted by Gasteiger charge is -2.24. The van der Waals surface area contributed by atoms with Gasteiger partial charge in [-0.1, -0.05) is 29.8 Å². The molecule has 0 aliphatic heterocycles. The van der Waals surface area contributed by atoms with Gasteiger partial charge in [-0.3, -0.25) is 4.79 Å². The van der Waals surface area contributed by atoms with Gasteiger partial charge in [-0.25, -0.2) is 13.1 Å². The van der Waals surface area contributed by atoms with Crippen LogP contribution in [0.15, 0.2) is 47.4 Å². The smallest absolute Gasteiger partial charge is 0.240 e. The second-order valence-electron chi connectivity index (χ2n) is 6.24. The molecule has 2 rings (SSSR count). The summed E-state index contributed by atoms with van der Waals surface area (Å²) in [5.74, 6) is 0.403. The van der Waals surface area contributed by atoms with Crippen LogP contribution < -0.4 is 14.4 Å². The first-order chi connectivity index (χ1) is 12.8. The number of anilines is 1. The number of carbonyl (C=O) groups excluding carboxylic acids is 1. The lowest BCUT2D eigenvalue weighted by Crippen LogP contribution is -2.38. The van der Waals surface area contributed by atoms with E-state index in [1.54, 1.807) is 31.2 Å². The van der Waals surface area contributed by atoms with Crippen LogP contribution in [0.3, 0.4) is 0 Å². The summed E-state index contributed by atoms with van der Waals surface area (Å²) >= 11 is 0. The summed E-state index contributed by atoms with van der Waals surface area (Å²) in [5.41, 5.74) is 2.31. The van der Waals surface area contributed by atoms with Crippen LogP contribution in [-0.2, 0) is 14.8 Å². The highest BCUT2D eigenvalue weighted by Gasteiger charge is 2.19. The molecule has 0 aliphatic carbocycles. The molecule has 0 fully saturated rings. The zero-order chi connectivity index (χ0) is 20.0. The highest BCUT2D eigenvalue weighted by atomic mass is 32.2. The van der Waals surface area contributed by atoms with Crippen molar-refractivity contribution in [1.29, 1.82) is 0 Å². The Morgan fingerprint density at radius 2 is 1.85 bits per heavy atom. The van der Waals surface area contributed by atoms with Crippen molar-refractivity contribution >= 4 is 21.6 Å². The molecule has 0 unspecified atom stereocenters. The van der Waals surface area contributed by atoms with Crippen LogP contribution in [0.2, 0.25) is 0 Å². The number of sulfonamides is 1. The molecule has 146 valence electrons. The first-order valence-electron chi connectivity index (χ1n) is 8.83. The molecule has 27 heavy (non-hydrogen) atoms. The quantitative estimate of drug-likeness (QED) is 0.752. The van der Waals surface area contributed by atoms with E-state index >= 15 is 0 Å². The van der Waals surface area contributed by atoms with Crippen LogP contribution in [0.5, 0.6) is 5.75 Å². The zero-order valence-electron chi connectivity index (χ0n) is 16.2. The maximum Gasteiger partial charge on any atom is 0.240 e. The Labute approximate surface area is 161 Å². The number of ether oxygens (including phenoxy) is 1. The highest BCUT2D eigenvalue weighted by molar-refractivity contribution is 7.89. The van der Waals surface area contributed by atoms with E-state index in [1.165, 1.54) is 11.8 Å². The third-order valence-electron chi connectivity index (χ3n) is 4.08. The lowest BCUT2D eigenvalue weighted by molar-refractivity contribution is -0.116. The molecule has 0 spiro atoms. The molecular weight excluding hydrogens is 364 g/mol. The summed E-state index contributed by atoms with van der Waals surface area (Å²) in [7, 11) is -3.65. The van der Waals surface area contributed by atoms with Gasteiger partial charge in [-0.05, 0) is 44.5 Å². The van der Waals surface area contributed by atoms with Crippen molar-refractivity contribution < 1.29 is 17.9 Å². The van der Waals surface area contributed by atoms with Crippen LogP contribution in [-0.4, -0.2) is 34.0 Å². The Balaban J connectivity index is 2.14. The van der Waals surface area contributed by atoms with Crippen LogP contribution in [0.1, 0.15) is 25.0 Å². The Bertz CT molecular complexity index is 910. The standard InChI is InChI=1S/C20H26N2O4S/c1-5-26-19-9-7-6-8-18(19)22(17(4)23)13-12-21-27(24,25)20-11-10-15(2)14-16(20)3/h6-11,14,21H,5,12-13H2,1-4H3. The predicted molar refractivity (Wildman–Crippen MR) is 107 cm³/mol. The number of nitrogens with zero attached hydrogens (tertiary/aromatic N) is 1. The third kappa shape index (κ3) is 5.30. The minimum absolute atomic E-state index is 0.0929. The number of aryl methyl sites for hydroxylation is 2. The molecule has 0 saturated carbocycles. The molecule has 2 aromatic carbocycles. The van der Waals surface area contributed by atoms with Crippen LogP contribution in [0.25, 0.3) is 0 Å². The first-order valence-corrected chi connectivity index (χ1v) is 10.3. The molecule has 1 amide bonds. The molecule has 1 N–H and O–H groups in total. The normalized spacial score (nSPS) is 11.3. The second kappa shape index (κ2) is 9.01. The fourth-order valence-corrected chi connectivity index (χ4v) is 4.12. The summed E-state index contributed by atoms with van der Waals surface area (Å²) in [6.07, 6.45) is 0. The number of benzene rings is 2. The van der Waals surface area contributed by atoms with Gasteiger partial charge < -0.3 is 9.64 Å². The minimum atomic E-state index is -3.65. The molecule has 6 nitrogen and oxygen atoms in total. The van der Waals surface area contributed by atoms with Crippen molar-refractivity contribution in [1.82, 2.24) is 4.72 Å². The van der Waals surface area contributed by atoms with Crippen LogP contribution in [0.4, 0.5) is 5.69 Å². The van der Waals surface area contributed by atoms with E-state index in [0.717, 1.165) is 5.56 Å². The van der Waals surface area contributed by atoms with E-state index in [0.29, 0.717) is 23.6 Å². The van der Waals surface area contributed by atoms with Crippen LogP contribution >= 0.6 is 0 Å². The molecule has 0 atom stereocenters. The van der Waals surface area contributed by atoms with E-state index in [9.17, 15) is 13.2 Å². The number of carbonyl (C=O) groups is 1. The van der Waals surface area contributed by atoms with Crippen molar-refractivity contribution in [3.63, 3.8) is 0 Å². The van der Waals surface area contributed by atoms with Gasteiger partial charge in [0.1, 0.15) is 5.75 Å². The molecule has 0 heterocycles. The van der Waals surface area contributed by atoms with Gasteiger partial charge in [-0.2, -0.15) is 0 Å². The molecule has 0 saturated heterocycles. The summed E-state index contributed by atoms with van der Waals surface area (Å²) < 4.78 is 33.3. The van der Waals surface area contributed by atoms with Gasteiger partial charge in [0.25, 0.3) is 0 Å². The summed E-state index contributed by atoms with van der Waals surface area (Å²) in [6, 6.07) is 12.4. The Morgan fingerprint density at radius 1 is 1.15 bits per heavy atom. The highest BCUT2D eigenvalue weighted by Crippen LogP contribution is 2.28. The molecule has 0 bridgehead atoms. The van der Waals surface area contributed by atoms with E-state index < -0.39 is 10.0 Å². The zero-order valence-corrected chi connectivity index (χ0v) is 17.0. The van der Waals surface area contributed by atoms with Gasteiger partial charge in [0, 0.05) is 20.0 Å². The summed E-state index contributed by atoms with van der Waals surface area (Å²) in [5, 5.41) is 0. The molecule has 2 aromatic rings. The molecule has 0 aromatic heterocycles. The number of nitrogens with one attached hydrogen (secondary N) is 1. The Kier molecular flexibility index (Phi) is 6.98. The van der Waals surface area contributed by atoms with Gasteiger partial charge in [0.15, 0.2) is 0 Å². The van der Waals surface area contributed by atoms with Gasteiger partial charge >= 0.3 is 0 Å². The van der Waals surface area contributed by atoms with E-state index in [4.69, 9.17) is 4.74 Å². The van der Waals surface area contributed by atoms with E-state index in [2.05, 4.69) is 4.72 Å². The molecular formula is C20H26N2O4S. The number of para-hydroxylation sites is 2. The number of amides is 1. The van der Waals surface area contributed by atoms with Crippen molar-refractivity contribution in [2.24, 2.45) is 0 Å². The summed E-state index contributed by atoms with van der Waals surface area (Å²) in [6.45, 7) is 7.76. The Morgan fingerprint density at radius 3 is 2.48 bits per heavy atom. The third-order valence-corrected chi connectivity index (χ3v) is 5.70. The van der Waals surface area contributed by atoms with Crippen molar-refractivity contribution in [2.75, 3.05) is 24.6 Å². The van der Waals surface area contributed by atoms with Crippen molar-refractivity contribution in [3.8, 4) is 5.75 Å². The van der Waals surface area contributed by atoms with Crippen molar-refractivity contribution in [2.45, 2.75) is 32.6 Å². The predicted octanol–water partition coefficient (Wildman–Crippen LogP) is 3.03. The van der Waals surface area contributed by atoms with E-state index in [1.807, 2.05) is 32.0 Å². The largest absolute Gasteiger partial charge is 0.492 e. The van der Waals surface area contributed by atoms with Crippen LogP contribution in [0, 0.1) is 13.8 Å². The van der Waals surface area contributed by atoms with Gasteiger partial charge in [-0.15, -0.1) is 0 Å². The second-order valence-corrected chi connectivity index (χ2v) is 7.97. The number of hydrogen-bond donors (Lipinski definition) is 1.